The van der Waals surface area contributed by atoms with Gasteiger partial charge in [0.15, 0.2) is 6.61 Å². The molecule has 2 atom stereocenters. The fraction of sp³-hybridized carbons (Fsp3) is 0.263. The van der Waals surface area contributed by atoms with Gasteiger partial charge in [-0.15, -0.1) is 0 Å². The number of amides is 1. The maximum absolute atomic E-state index is 12.2. The first-order valence-corrected chi connectivity index (χ1v) is 7.85. The molecular formula is C19H21NO5. The van der Waals surface area contributed by atoms with Gasteiger partial charge in [0.1, 0.15) is 11.5 Å². The van der Waals surface area contributed by atoms with Crippen LogP contribution in [-0.2, 0) is 9.59 Å². The molecule has 0 aliphatic rings. The van der Waals surface area contributed by atoms with E-state index < -0.39 is 23.8 Å². The number of carbonyl (C=O) groups is 2. The van der Waals surface area contributed by atoms with E-state index in [2.05, 4.69) is 5.32 Å². The Bertz CT molecular complexity index is 717. The molecule has 2 aromatic carbocycles. The summed E-state index contributed by atoms with van der Waals surface area (Å²) >= 11 is 0. The van der Waals surface area contributed by atoms with Crippen LogP contribution in [0.1, 0.15) is 18.5 Å². The Balaban J connectivity index is 2.02. The second kappa shape index (κ2) is 8.73. The summed E-state index contributed by atoms with van der Waals surface area (Å²) in [5, 5.41) is 12.0. The zero-order valence-electron chi connectivity index (χ0n) is 14.1. The summed E-state index contributed by atoms with van der Waals surface area (Å²) in [6.07, 6.45) is 0. The number of carboxylic acids is 1. The molecule has 0 fully saturated rings. The third-order valence-electron chi connectivity index (χ3n) is 3.78. The molecule has 0 heterocycles. The summed E-state index contributed by atoms with van der Waals surface area (Å²) < 4.78 is 10.5. The van der Waals surface area contributed by atoms with Crippen molar-refractivity contribution in [3.63, 3.8) is 0 Å². The van der Waals surface area contributed by atoms with Gasteiger partial charge >= 0.3 is 5.97 Å². The lowest BCUT2D eigenvalue weighted by Crippen LogP contribution is -2.38. The van der Waals surface area contributed by atoms with Crippen LogP contribution in [0.3, 0.4) is 0 Å². The molecule has 0 bridgehead atoms. The highest BCUT2D eigenvalue weighted by atomic mass is 16.5. The fourth-order valence-corrected chi connectivity index (χ4v) is 2.35. The third-order valence-corrected chi connectivity index (χ3v) is 3.78. The van der Waals surface area contributed by atoms with Crippen LogP contribution in [0.25, 0.3) is 0 Å². The van der Waals surface area contributed by atoms with Crippen LogP contribution < -0.4 is 14.8 Å². The summed E-state index contributed by atoms with van der Waals surface area (Å²) in [5.41, 5.74) is 0.729. The normalized spacial score (nSPS) is 12.7. The van der Waals surface area contributed by atoms with Crippen molar-refractivity contribution >= 4 is 11.9 Å². The van der Waals surface area contributed by atoms with Crippen LogP contribution in [0.5, 0.6) is 11.5 Å². The topological polar surface area (TPSA) is 84.9 Å². The van der Waals surface area contributed by atoms with Gasteiger partial charge in [0.25, 0.3) is 5.91 Å². The minimum absolute atomic E-state index is 0.219. The van der Waals surface area contributed by atoms with E-state index in [1.54, 1.807) is 62.6 Å². The number of methoxy groups -OCH3 is 1. The zero-order chi connectivity index (χ0) is 18.2. The van der Waals surface area contributed by atoms with Crippen molar-refractivity contribution in [3.8, 4) is 11.5 Å². The average molecular weight is 343 g/mol. The molecule has 0 saturated heterocycles. The summed E-state index contributed by atoms with van der Waals surface area (Å²) in [5.74, 6) is -1.03. The highest BCUT2D eigenvalue weighted by molar-refractivity contribution is 5.79. The molecule has 6 heteroatoms. The van der Waals surface area contributed by atoms with Gasteiger partial charge < -0.3 is 19.9 Å². The van der Waals surface area contributed by atoms with Crippen LogP contribution >= 0.6 is 0 Å². The van der Waals surface area contributed by atoms with Crippen LogP contribution in [0.4, 0.5) is 0 Å². The first-order valence-electron chi connectivity index (χ1n) is 7.85. The van der Waals surface area contributed by atoms with Crippen molar-refractivity contribution in [1.82, 2.24) is 5.32 Å². The molecule has 0 saturated carbocycles. The largest absolute Gasteiger partial charge is 0.497 e. The smallest absolute Gasteiger partial charge is 0.308 e. The standard InChI is InChI=1S/C19H21NO5/c1-13(19(22)23)18(14-7-4-3-5-8-14)20-17(21)12-25-16-10-6-9-15(11-16)24-2/h3-11,13,18H,12H2,1-2H3,(H,20,21)(H,22,23). The lowest BCUT2D eigenvalue weighted by molar-refractivity contribution is -0.142. The van der Waals surface area contributed by atoms with Crippen molar-refractivity contribution in [2.45, 2.75) is 13.0 Å². The van der Waals surface area contributed by atoms with E-state index in [-0.39, 0.29) is 6.61 Å². The number of aliphatic carboxylic acids is 1. The number of carboxylic acid groups (broad SMARTS) is 1. The lowest BCUT2D eigenvalue weighted by Gasteiger charge is -2.23. The van der Waals surface area contributed by atoms with Crippen molar-refractivity contribution in [2.24, 2.45) is 5.92 Å². The summed E-state index contributed by atoms with van der Waals surface area (Å²) in [6, 6.07) is 15.3. The molecule has 6 nitrogen and oxygen atoms in total. The Kier molecular flexibility index (Phi) is 6.39. The number of nitrogens with one attached hydrogen (secondary N) is 1. The van der Waals surface area contributed by atoms with Gasteiger partial charge in [-0.25, -0.2) is 0 Å². The van der Waals surface area contributed by atoms with E-state index in [4.69, 9.17) is 9.47 Å². The first-order chi connectivity index (χ1) is 12.0. The van der Waals surface area contributed by atoms with Crippen molar-refractivity contribution in [3.05, 3.63) is 60.2 Å². The Hall–Kier alpha value is -3.02. The van der Waals surface area contributed by atoms with E-state index in [1.165, 1.54) is 0 Å². The molecule has 0 aromatic heterocycles. The van der Waals surface area contributed by atoms with Crippen molar-refractivity contribution in [2.75, 3.05) is 13.7 Å². The van der Waals surface area contributed by atoms with E-state index in [1.807, 2.05) is 6.07 Å². The second-order valence-electron chi connectivity index (χ2n) is 5.55. The van der Waals surface area contributed by atoms with Gasteiger partial charge in [-0.1, -0.05) is 36.4 Å². The molecule has 0 radical (unpaired) electrons. The summed E-state index contributed by atoms with van der Waals surface area (Å²) in [6.45, 7) is 1.34. The van der Waals surface area contributed by atoms with E-state index in [0.717, 1.165) is 5.56 Å². The van der Waals surface area contributed by atoms with Gasteiger partial charge in [0.05, 0.1) is 19.1 Å². The van der Waals surface area contributed by atoms with Crippen LogP contribution in [0.2, 0.25) is 0 Å². The quantitative estimate of drug-likeness (QED) is 0.770. The Labute approximate surface area is 146 Å². The molecule has 25 heavy (non-hydrogen) atoms. The van der Waals surface area contributed by atoms with Crippen molar-refractivity contribution in [1.29, 1.82) is 0 Å². The predicted octanol–water partition coefficient (Wildman–Crippen LogP) is 2.65. The molecule has 0 spiro atoms. The van der Waals surface area contributed by atoms with Gasteiger partial charge in [0.2, 0.25) is 0 Å². The molecule has 1 amide bonds. The molecule has 2 aromatic rings. The maximum Gasteiger partial charge on any atom is 0.308 e. The second-order valence-corrected chi connectivity index (χ2v) is 5.55. The number of carbonyl (C=O) groups excluding carboxylic acids is 1. The molecule has 132 valence electrons. The van der Waals surface area contributed by atoms with Gasteiger partial charge in [-0.2, -0.15) is 0 Å². The SMILES string of the molecule is COc1cccc(OCC(=O)NC(c2ccccc2)C(C)C(=O)O)c1. The highest BCUT2D eigenvalue weighted by Gasteiger charge is 2.26. The zero-order valence-corrected chi connectivity index (χ0v) is 14.1. The molecule has 2 rings (SSSR count). The number of ether oxygens (including phenoxy) is 2. The van der Waals surface area contributed by atoms with Gasteiger partial charge in [-0.05, 0) is 24.6 Å². The third kappa shape index (κ3) is 5.24. The first kappa shape index (κ1) is 18.3. The summed E-state index contributed by atoms with van der Waals surface area (Å²) in [4.78, 5) is 23.6. The van der Waals surface area contributed by atoms with E-state index in [0.29, 0.717) is 11.5 Å². The molecular weight excluding hydrogens is 322 g/mol. The maximum atomic E-state index is 12.2. The minimum atomic E-state index is -0.983. The molecule has 0 aliphatic carbocycles. The Morgan fingerprint density at radius 3 is 2.40 bits per heavy atom. The van der Waals surface area contributed by atoms with Crippen LogP contribution in [0, 0.1) is 5.92 Å². The lowest BCUT2D eigenvalue weighted by atomic mass is 9.94. The average Bonchev–Trinajstić information content (AvgIpc) is 2.64. The number of rotatable bonds is 8. The summed E-state index contributed by atoms with van der Waals surface area (Å²) in [7, 11) is 1.55. The van der Waals surface area contributed by atoms with Gasteiger partial charge in [-0.3, -0.25) is 9.59 Å². The Morgan fingerprint density at radius 1 is 1.08 bits per heavy atom. The predicted molar refractivity (Wildman–Crippen MR) is 92.6 cm³/mol. The number of hydrogen-bond donors (Lipinski definition) is 2. The number of hydrogen-bond acceptors (Lipinski definition) is 4. The van der Waals surface area contributed by atoms with Crippen LogP contribution in [-0.4, -0.2) is 30.7 Å². The van der Waals surface area contributed by atoms with Gasteiger partial charge in [0, 0.05) is 6.07 Å². The fourth-order valence-electron chi connectivity index (χ4n) is 2.35. The van der Waals surface area contributed by atoms with Crippen LogP contribution in [0.15, 0.2) is 54.6 Å². The molecule has 2 unspecified atom stereocenters. The van der Waals surface area contributed by atoms with E-state index in [9.17, 15) is 14.7 Å². The monoisotopic (exact) mass is 343 g/mol. The highest BCUT2D eigenvalue weighted by Crippen LogP contribution is 2.22. The Morgan fingerprint density at radius 2 is 1.76 bits per heavy atom. The number of benzene rings is 2. The minimum Gasteiger partial charge on any atom is -0.497 e. The molecule has 2 N–H and O–H groups in total. The molecule has 0 aliphatic heterocycles. The van der Waals surface area contributed by atoms with Crippen molar-refractivity contribution < 1.29 is 24.2 Å². The van der Waals surface area contributed by atoms with E-state index >= 15 is 0 Å².